The first-order chi connectivity index (χ1) is 19.2. The molecule has 0 atom stereocenters. The minimum atomic E-state index is -0.0928. The van der Waals surface area contributed by atoms with Crippen molar-refractivity contribution in [2.24, 2.45) is 0 Å². The van der Waals surface area contributed by atoms with E-state index in [4.69, 9.17) is 10.7 Å². The summed E-state index contributed by atoms with van der Waals surface area (Å²) in [5.41, 5.74) is 13.1. The number of anilines is 1. The maximum absolute atomic E-state index is 13.1. The van der Waals surface area contributed by atoms with Crippen LogP contribution >= 0.6 is 0 Å². The maximum Gasteiger partial charge on any atom is 0.251 e. The number of hydrogen-bond donors (Lipinski definition) is 2. The highest BCUT2D eigenvalue weighted by Crippen LogP contribution is 2.30. The minimum Gasteiger partial charge on any atom is -0.383 e. The Kier molecular flexibility index (Phi) is 6.53. The van der Waals surface area contributed by atoms with Crippen molar-refractivity contribution >= 4 is 22.9 Å². The number of pyridine rings is 2. The Morgan fingerprint density at radius 3 is 2.33 bits per heavy atom. The van der Waals surface area contributed by atoms with Crippen molar-refractivity contribution in [3.8, 4) is 17.1 Å². The average Bonchev–Trinajstić information content (AvgIpc) is 3.36. The lowest BCUT2D eigenvalue weighted by atomic mass is 9.99. The molecule has 39 heavy (non-hydrogen) atoms. The molecule has 3 aromatic heterocycles. The number of nitrogens with zero attached hydrogens (tertiary/aromatic N) is 4. The number of imidazole rings is 1. The highest BCUT2D eigenvalue weighted by molar-refractivity contribution is 5.95. The molecule has 3 aromatic carbocycles. The van der Waals surface area contributed by atoms with Gasteiger partial charge in [-0.2, -0.15) is 0 Å². The van der Waals surface area contributed by atoms with Gasteiger partial charge in [0, 0.05) is 30.2 Å². The quantitative estimate of drug-likeness (QED) is 0.292. The Hall–Kier alpha value is -5.30. The van der Waals surface area contributed by atoms with Crippen LogP contribution in [0.4, 0.5) is 5.82 Å². The van der Waals surface area contributed by atoms with Crippen molar-refractivity contribution in [1.82, 2.24) is 24.8 Å². The predicted molar refractivity (Wildman–Crippen MR) is 153 cm³/mol. The second-order valence-electron chi connectivity index (χ2n) is 9.22. The van der Waals surface area contributed by atoms with Gasteiger partial charge in [-0.25, -0.2) is 15.0 Å². The minimum absolute atomic E-state index is 0.0928. The predicted octanol–water partition coefficient (Wildman–Crippen LogP) is 5.59. The number of nitrogen functional groups attached to an aromatic ring is 1. The molecule has 0 aliphatic heterocycles. The molecule has 1 amide bonds. The molecule has 6 aromatic rings. The van der Waals surface area contributed by atoms with Crippen LogP contribution in [0.25, 0.3) is 28.2 Å². The highest BCUT2D eigenvalue weighted by atomic mass is 16.1. The van der Waals surface area contributed by atoms with Gasteiger partial charge in [0.15, 0.2) is 11.5 Å². The van der Waals surface area contributed by atoms with Crippen LogP contribution in [-0.4, -0.2) is 25.4 Å². The fourth-order valence-electron chi connectivity index (χ4n) is 4.70. The zero-order valence-electron chi connectivity index (χ0n) is 21.2. The number of fused-ring (bicyclic) bond motifs is 1. The van der Waals surface area contributed by atoms with E-state index in [0.29, 0.717) is 30.2 Å². The normalized spacial score (nSPS) is 11.0. The second-order valence-corrected chi connectivity index (χ2v) is 9.22. The topological polar surface area (TPSA) is 98.7 Å². The van der Waals surface area contributed by atoms with Crippen LogP contribution in [0.1, 0.15) is 27.0 Å². The van der Waals surface area contributed by atoms with E-state index >= 15 is 0 Å². The van der Waals surface area contributed by atoms with Crippen molar-refractivity contribution in [3.63, 3.8) is 0 Å². The lowest BCUT2D eigenvalue weighted by Crippen LogP contribution is -2.24. The smallest absolute Gasteiger partial charge is 0.251 e. The zero-order chi connectivity index (χ0) is 26.6. The Bertz CT molecular complexity index is 1760. The average molecular weight is 511 g/mol. The highest BCUT2D eigenvalue weighted by Gasteiger charge is 2.17. The molecule has 6 rings (SSSR count). The third-order valence-electron chi connectivity index (χ3n) is 6.64. The Morgan fingerprint density at radius 2 is 1.51 bits per heavy atom. The SMILES string of the molecule is Nc1ncccc1-c1nc2cccnc2n1-c1ccc(CNC(=O)c2ccccc2Cc2ccccc2)cc1. The lowest BCUT2D eigenvalue weighted by molar-refractivity contribution is 0.0950. The third-order valence-corrected chi connectivity index (χ3v) is 6.64. The lowest BCUT2D eigenvalue weighted by Gasteiger charge is -2.12. The van der Waals surface area contributed by atoms with E-state index in [1.165, 1.54) is 5.56 Å². The molecule has 0 bridgehead atoms. The Labute approximate surface area is 226 Å². The molecule has 0 fully saturated rings. The Morgan fingerprint density at radius 1 is 0.769 bits per heavy atom. The van der Waals surface area contributed by atoms with Gasteiger partial charge in [-0.15, -0.1) is 0 Å². The van der Waals surface area contributed by atoms with Gasteiger partial charge in [0.05, 0.1) is 5.56 Å². The van der Waals surface area contributed by atoms with E-state index < -0.39 is 0 Å². The summed E-state index contributed by atoms with van der Waals surface area (Å²) in [6.07, 6.45) is 4.11. The third kappa shape index (κ3) is 4.98. The molecule has 0 unspecified atom stereocenters. The van der Waals surface area contributed by atoms with Gasteiger partial charge in [0.2, 0.25) is 0 Å². The van der Waals surface area contributed by atoms with Crippen LogP contribution in [0.2, 0.25) is 0 Å². The molecule has 190 valence electrons. The molecule has 7 nitrogen and oxygen atoms in total. The summed E-state index contributed by atoms with van der Waals surface area (Å²) < 4.78 is 1.98. The number of aromatic nitrogens is 4. The van der Waals surface area contributed by atoms with E-state index in [2.05, 4.69) is 27.4 Å². The number of amides is 1. The molecule has 0 saturated carbocycles. The van der Waals surface area contributed by atoms with Crippen LogP contribution in [0.3, 0.4) is 0 Å². The van der Waals surface area contributed by atoms with Gasteiger partial charge in [-0.3, -0.25) is 9.36 Å². The van der Waals surface area contributed by atoms with E-state index in [1.807, 2.05) is 95.6 Å². The van der Waals surface area contributed by atoms with E-state index in [0.717, 1.165) is 33.5 Å². The van der Waals surface area contributed by atoms with Gasteiger partial charge in [-0.1, -0.05) is 60.7 Å². The van der Waals surface area contributed by atoms with Gasteiger partial charge >= 0.3 is 0 Å². The van der Waals surface area contributed by atoms with Crippen molar-refractivity contribution in [1.29, 1.82) is 0 Å². The molecule has 3 N–H and O–H groups in total. The number of carbonyl (C=O) groups excluding carboxylic acids is 1. The maximum atomic E-state index is 13.1. The van der Waals surface area contributed by atoms with E-state index in [9.17, 15) is 4.79 Å². The summed E-state index contributed by atoms with van der Waals surface area (Å²) in [5.74, 6) is 0.982. The summed E-state index contributed by atoms with van der Waals surface area (Å²) in [5, 5.41) is 3.07. The van der Waals surface area contributed by atoms with Crippen molar-refractivity contribution in [3.05, 3.63) is 138 Å². The molecule has 0 aliphatic rings. The number of nitrogens with two attached hydrogens (primary N) is 1. The summed E-state index contributed by atoms with van der Waals surface area (Å²) in [4.78, 5) is 26.7. The first-order valence-corrected chi connectivity index (χ1v) is 12.7. The van der Waals surface area contributed by atoms with Gasteiger partial charge in [0.25, 0.3) is 5.91 Å². The van der Waals surface area contributed by atoms with Crippen LogP contribution in [0.5, 0.6) is 0 Å². The summed E-state index contributed by atoms with van der Waals surface area (Å²) in [6.45, 7) is 0.407. The van der Waals surface area contributed by atoms with E-state index in [-0.39, 0.29) is 5.91 Å². The van der Waals surface area contributed by atoms with Gasteiger partial charge in [-0.05, 0) is 65.6 Å². The molecular formula is C32H26N6O. The fraction of sp³-hybridized carbons (Fsp3) is 0.0625. The molecule has 7 heteroatoms. The second kappa shape index (κ2) is 10.6. The van der Waals surface area contributed by atoms with Crippen molar-refractivity contribution in [2.75, 3.05) is 5.73 Å². The molecular weight excluding hydrogens is 484 g/mol. The first-order valence-electron chi connectivity index (χ1n) is 12.7. The Balaban J connectivity index is 1.23. The number of benzene rings is 3. The van der Waals surface area contributed by atoms with E-state index in [1.54, 1.807) is 12.4 Å². The first kappa shape index (κ1) is 24.1. The molecule has 0 aliphatic carbocycles. The standard InChI is InChI=1S/C32H26N6O/c33-29-27(12-6-18-34-29)30-37-28-13-7-19-35-31(28)38(30)25-16-14-23(15-17-25)21-36-32(39)26-11-5-4-10-24(26)20-22-8-2-1-3-9-22/h1-19H,20-21H2,(H2,33,34)(H,36,39). The van der Waals surface area contributed by atoms with Crippen molar-refractivity contribution < 1.29 is 4.79 Å². The van der Waals surface area contributed by atoms with Crippen molar-refractivity contribution in [2.45, 2.75) is 13.0 Å². The van der Waals surface area contributed by atoms with Crippen LogP contribution in [0.15, 0.2) is 116 Å². The summed E-state index contributed by atoms with van der Waals surface area (Å²) >= 11 is 0. The van der Waals surface area contributed by atoms with Crippen LogP contribution in [0, 0.1) is 0 Å². The number of carbonyl (C=O) groups is 1. The summed E-state index contributed by atoms with van der Waals surface area (Å²) in [7, 11) is 0. The summed E-state index contributed by atoms with van der Waals surface area (Å²) in [6, 6.07) is 33.4. The van der Waals surface area contributed by atoms with Gasteiger partial charge in [0.1, 0.15) is 11.3 Å². The molecule has 0 radical (unpaired) electrons. The molecule has 0 saturated heterocycles. The zero-order valence-corrected chi connectivity index (χ0v) is 21.2. The number of nitrogens with one attached hydrogen (secondary N) is 1. The fourth-order valence-corrected chi connectivity index (χ4v) is 4.70. The monoisotopic (exact) mass is 510 g/mol. The van der Waals surface area contributed by atoms with Gasteiger partial charge < -0.3 is 11.1 Å². The molecule has 3 heterocycles. The van der Waals surface area contributed by atoms with Crippen LogP contribution < -0.4 is 11.1 Å². The number of rotatable bonds is 7. The van der Waals surface area contributed by atoms with Crippen LogP contribution in [-0.2, 0) is 13.0 Å². The number of hydrogen-bond acceptors (Lipinski definition) is 5. The molecule has 0 spiro atoms. The largest absolute Gasteiger partial charge is 0.383 e.